The molecule has 1 aromatic carbocycles. The number of carbonyl (C=O) groups is 1. The minimum atomic E-state index is 0.123. The van der Waals surface area contributed by atoms with Gasteiger partial charge >= 0.3 is 0 Å². The third kappa shape index (κ3) is 2.98. The maximum Gasteiger partial charge on any atom is 0.264 e. The number of thiophene rings is 1. The van der Waals surface area contributed by atoms with E-state index in [1.165, 1.54) is 5.69 Å². The van der Waals surface area contributed by atoms with Crippen molar-refractivity contribution in [2.75, 3.05) is 19.8 Å². The van der Waals surface area contributed by atoms with E-state index < -0.39 is 0 Å². The van der Waals surface area contributed by atoms with E-state index in [4.69, 9.17) is 9.47 Å². The summed E-state index contributed by atoms with van der Waals surface area (Å²) in [6.45, 7) is 1.97. The second-order valence-electron chi connectivity index (χ2n) is 7.22. The quantitative estimate of drug-likeness (QED) is 0.657. The van der Waals surface area contributed by atoms with Crippen LogP contribution in [0.3, 0.4) is 0 Å². The monoisotopic (exact) mass is 394 g/mol. The molecule has 1 atom stereocenters. The van der Waals surface area contributed by atoms with Crippen LogP contribution in [0.4, 0.5) is 0 Å². The van der Waals surface area contributed by atoms with E-state index in [1.807, 2.05) is 54.5 Å². The fraction of sp³-hybridized carbons (Fsp3) is 0.318. The van der Waals surface area contributed by atoms with Crippen LogP contribution in [0.1, 0.15) is 34.2 Å². The standard InChI is InChI=1S/C22H22N2O3S/c1-23-10-2-4-16(23)17-5-3-11-24(17)22(25)21-9-8-20(28-21)15-6-7-18-19(14-15)27-13-12-26-18/h2,4,6-10,14,17H,3,5,11-13H2,1H3. The number of aryl methyl sites for hydroxylation is 1. The van der Waals surface area contributed by atoms with Crippen LogP contribution in [0.2, 0.25) is 0 Å². The summed E-state index contributed by atoms with van der Waals surface area (Å²) < 4.78 is 13.4. The smallest absolute Gasteiger partial charge is 0.264 e. The van der Waals surface area contributed by atoms with Crippen LogP contribution in [-0.4, -0.2) is 35.1 Å². The fourth-order valence-electron chi connectivity index (χ4n) is 4.08. The Bertz CT molecular complexity index is 1020. The predicted molar refractivity (Wildman–Crippen MR) is 109 cm³/mol. The molecule has 4 heterocycles. The molecule has 3 aromatic rings. The molecule has 0 radical (unpaired) electrons. The largest absolute Gasteiger partial charge is 0.486 e. The zero-order valence-corrected chi connectivity index (χ0v) is 16.6. The molecule has 5 rings (SSSR count). The molecule has 28 heavy (non-hydrogen) atoms. The topological polar surface area (TPSA) is 43.7 Å². The van der Waals surface area contributed by atoms with Crippen LogP contribution in [0, 0.1) is 0 Å². The molecule has 1 amide bonds. The molecule has 2 aromatic heterocycles. The number of likely N-dealkylation sites (tertiary alicyclic amines) is 1. The third-order valence-electron chi connectivity index (χ3n) is 5.48. The van der Waals surface area contributed by atoms with Crippen LogP contribution in [-0.2, 0) is 7.05 Å². The first kappa shape index (κ1) is 17.4. The molecular weight excluding hydrogens is 372 g/mol. The normalized spacial score (nSPS) is 18.5. The average Bonchev–Trinajstić information content (AvgIpc) is 3.47. The van der Waals surface area contributed by atoms with Crippen LogP contribution >= 0.6 is 11.3 Å². The van der Waals surface area contributed by atoms with E-state index in [2.05, 4.69) is 10.6 Å². The molecule has 1 fully saturated rings. The van der Waals surface area contributed by atoms with Crippen molar-refractivity contribution in [2.45, 2.75) is 18.9 Å². The Labute approximate surface area is 168 Å². The van der Waals surface area contributed by atoms with E-state index in [0.717, 1.165) is 46.2 Å². The number of amides is 1. The van der Waals surface area contributed by atoms with Crippen LogP contribution in [0.25, 0.3) is 10.4 Å². The van der Waals surface area contributed by atoms with Gasteiger partial charge in [-0.25, -0.2) is 0 Å². The van der Waals surface area contributed by atoms with Gasteiger partial charge in [-0.2, -0.15) is 0 Å². The first-order valence-electron chi connectivity index (χ1n) is 9.63. The van der Waals surface area contributed by atoms with Gasteiger partial charge in [0, 0.05) is 30.4 Å². The van der Waals surface area contributed by atoms with Crippen molar-refractivity contribution in [3.05, 3.63) is 59.2 Å². The Hall–Kier alpha value is -2.73. The van der Waals surface area contributed by atoms with Gasteiger partial charge in [-0.3, -0.25) is 4.79 Å². The molecule has 2 aliphatic rings. The molecule has 144 valence electrons. The predicted octanol–water partition coefficient (Wildman–Crippen LogP) is 4.50. The summed E-state index contributed by atoms with van der Waals surface area (Å²) in [6.07, 6.45) is 4.10. The van der Waals surface area contributed by atoms with Gasteiger partial charge in [-0.05, 0) is 60.9 Å². The summed E-state index contributed by atoms with van der Waals surface area (Å²) in [4.78, 5) is 17.1. The number of fused-ring (bicyclic) bond motifs is 1. The summed E-state index contributed by atoms with van der Waals surface area (Å²) in [5, 5.41) is 0. The van der Waals surface area contributed by atoms with Crippen LogP contribution in [0.5, 0.6) is 11.5 Å². The molecule has 6 heteroatoms. The second kappa shape index (κ2) is 7.02. The number of nitrogens with zero attached hydrogens (tertiary/aromatic N) is 2. The molecule has 0 bridgehead atoms. The van der Waals surface area contributed by atoms with Crippen molar-refractivity contribution in [1.29, 1.82) is 0 Å². The highest BCUT2D eigenvalue weighted by atomic mass is 32.1. The third-order valence-corrected chi connectivity index (χ3v) is 6.60. The summed E-state index contributed by atoms with van der Waals surface area (Å²) in [7, 11) is 2.04. The van der Waals surface area contributed by atoms with E-state index in [1.54, 1.807) is 11.3 Å². The number of carbonyl (C=O) groups excluding carboxylic acids is 1. The molecule has 0 N–H and O–H groups in total. The molecule has 1 unspecified atom stereocenters. The number of aromatic nitrogens is 1. The van der Waals surface area contributed by atoms with Crippen LogP contribution in [0.15, 0.2) is 48.7 Å². The molecule has 5 nitrogen and oxygen atoms in total. The Morgan fingerprint density at radius 1 is 1.11 bits per heavy atom. The van der Waals surface area contributed by atoms with Gasteiger partial charge in [0.05, 0.1) is 10.9 Å². The number of hydrogen-bond donors (Lipinski definition) is 0. The Balaban J connectivity index is 1.40. The number of ether oxygens (including phenoxy) is 2. The molecule has 0 saturated carbocycles. The molecular formula is C22H22N2O3S. The van der Waals surface area contributed by atoms with Gasteiger partial charge < -0.3 is 18.9 Å². The molecule has 2 aliphatic heterocycles. The first-order chi connectivity index (χ1) is 13.7. The SMILES string of the molecule is Cn1cccc1C1CCCN1C(=O)c1ccc(-c2ccc3c(c2)OCCO3)s1. The minimum Gasteiger partial charge on any atom is -0.486 e. The summed E-state index contributed by atoms with van der Waals surface area (Å²) in [6, 6.07) is 14.3. The lowest BCUT2D eigenvalue weighted by atomic mass is 10.1. The minimum absolute atomic E-state index is 0.123. The van der Waals surface area contributed by atoms with Gasteiger partial charge in [0.25, 0.3) is 5.91 Å². The van der Waals surface area contributed by atoms with Gasteiger partial charge in [-0.15, -0.1) is 11.3 Å². The van der Waals surface area contributed by atoms with E-state index in [0.29, 0.717) is 13.2 Å². The Kier molecular flexibility index (Phi) is 4.36. The lowest BCUT2D eigenvalue weighted by molar-refractivity contribution is 0.0736. The zero-order valence-electron chi connectivity index (χ0n) is 15.8. The van der Waals surface area contributed by atoms with Crippen molar-refractivity contribution in [3.63, 3.8) is 0 Å². The van der Waals surface area contributed by atoms with Gasteiger partial charge in [-0.1, -0.05) is 0 Å². The zero-order chi connectivity index (χ0) is 19.1. The van der Waals surface area contributed by atoms with Crippen molar-refractivity contribution >= 4 is 17.2 Å². The maximum atomic E-state index is 13.2. The number of hydrogen-bond acceptors (Lipinski definition) is 4. The first-order valence-corrected chi connectivity index (χ1v) is 10.4. The van der Waals surface area contributed by atoms with Gasteiger partial charge in [0.2, 0.25) is 0 Å². The van der Waals surface area contributed by atoms with Crippen molar-refractivity contribution < 1.29 is 14.3 Å². The maximum absolute atomic E-state index is 13.2. The lowest BCUT2D eigenvalue weighted by Gasteiger charge is -2.25. The highest BCUT2D eigenvalue weighted by molar-refractivity contribution is 7.17. The van der Waals surface area contributed by atoms with E-state index >= 15 is 0 Å². The van der Waals surface area contributed by atoms with Crippen molar-refractivity contribution in [2.24, 2.45) is 7.05 Å². The molecule has 0 spiro atoms. The van der Waals surface area contributed by atoms with E-state index in [9.17, 15) is 4.79 Å². The van der Waals surface area contributed by atoms with Gasteiger partial charge in [0.15, 0.2) is 11.5 Å². The molecule has 1 saturated heterocycles. The Morgan fingerprint density at radius 3 is 2.79 bits per heavy atom. The summed E-state index contributed by atoms with van der Waals surface area (Å²) in [5.74, 6) is 1.68. The summed E-state index contributed by atoms with van der Waals surface area (Å²) >= 11 is 1.54. The highest BCUT2D eigenvalue weighted by Gasteiger charge is 2.32. The second-order valence-corrected chi connectivity index (χ2v) is 8.31. The number of rotatable bonds is 3. The lowest BCUT2D eigenvalue weighted by Crippen LogP contribution is -2.30. The fourth-order valence-corrected chi connectivity index (χ4v) is 5.04. The molecule has 0 aliphatic carbocycles. The summed E-state index contributed by atoms with van der Waals surface area (Å²) in [5.41, 5.74) is 2.25. The average molecular weight is 394 g/mol. The highest BCUT2D eigenvalue weighted by Crippen LogP contribution is 2.38. The number of benzene rings is 1. The van der Waals surface area contributed by atoms with E-state index in [-0.39, 0.29) is 11.9 Å². The Morgan fingerprint density at radius 2 is 1.96 bits per heavy atom. The van der Waals surface area contributed by atoms with Gasteiger partial charge in [0.1, 0.15) is 13.2 Å². The van der Waals surface area contributed by atoms with Crippen molar-refractivity contribution in [3.8, 4) is 21.9 Å². The van der Waals surface area contributed by atoms with Crippen molar-refractivity contribution in [1.82, 2.24) is 9.47 Å². The van der Waals surface area contributed by atoms with Crippen LogP contribution < -0.4 is 9.47 Å².